The zero-order valence-electron chi connectivity index (χ0n) is 39.5. The summed E-state index contributed by atoms with van der Waals surface area (Å²) >= 11 is 3.73. The van der Waals surface area contributed by atoms with E-state index in [4.69, 9.17) is 0 Å². The second kappa shape index (κ2) is 15.5. The van der Waals surface area contributed by atoms with Crippen molar-refractivity contribution >= 4 is 65.8 Å². The number of nitrogens with zero attached hydrogens (tertiary/aromatic N) is 2. The van der Waals surface area contributed by atoms with Crippen LogP contribution in [0.4, 0.5) is 0 Å². The van der Waals surface area contributed by atoms with Crippen LogP contribution < -0.4 is 0 Å². The van der Waals surface area contributed by atoms with E-state index in [2.05, 4.69) is 219 Å². The number of fused-ring (bicyclic) bond motifs is 6. The Balaban J connectivity index is 0.000000184. The molecule has 4 heteroatoms. The molecule has 0 saturated heterocycles. The van der Waals surface area contributed by atoms with E-state index in [1.165, 1.54) is 87.2 Å². The average Bonchev–Trinajstić information content (AvgIpc) is 3.67. The standard InChI is InChI=1S/C29H33NO.C28H32BrN/c1-18-13-22(14-19(2)25(18)17-31)30-26-11-9-20(28(3,4)5)15-23(26)24-16-21(29(6,7)8)10-12-27(24)30;1-17-13-21(14-18(2)26(17)29)30-24-11-9-19(27(3,4)5)15-22(24)23-16-20(28(6,7)8)10-12-25(23)30/h9-17H,1-8H3;9-16H,1-8H3. The van der Waals surface area contributed by atoms with E-state index >= 15 is 0 Å². The Labute approximate surface area is 373 Å². The predicted molar refractivity (Wildman–Crippen MR) is 268 cm³/mol. The maximum absolute atomic E-state index is 11.5. The van der Waals surface area contributed by atoms with Gasteiger partial charge in [0.05, 0.1) is 22.1 Å². The van der Waals surface area contributed by atoms with E-state index in [1.54, 1.807) is 0 Å². The third kappa shape index (κ3) is 8.26. The van der Waals surface area contributed by atoms with Gasteiger partial charge in [-0.05, 0) is 167 Å². The van der Waals surface area contributed by atoms with E-state index < -0.39 is 0 Å². The molecular weight excluding hydrogens is 809 g/mol. The maximum atomic E-state index is 11.5. The third-order valence-corrected chi connectivity index (χ3v) is 13.9. The fraction of sp³-hybridized carbons (Fsp3) is 0.351. The van der Waals surface area contributed by atoms with Gasteiger partial charge in [-0.2, -0.15) is 0 Å². The number of carbonyl (C=O) groups is 1. The normalized spacial score (nSPS) is 12.7. The molecule has 0 aliphatic heterocycles. The molecule has 0 N–H and O–H groups in total. The van der Waals surface area contributed by atoms with Gasteiger partial charge in [-0.15, -0.1) is 0 Å². The summed E-state index contributed by atoms with van der Waals surface area (Å²) in [5, 5.41) is 5.23. The van der Waals surface area contributed by atoms with Crippen LogP contribution in [0.1, 0.15) is 138 Å². The Hall–Kier alpha value is -4.93. The van der Waals surface area contributed by atoms with Crippen molar-refractivity contribution < 1.29 is 4.79 Å². The molecule has 0 fully saturated rings. The van der Waals surface area contributed by atoms with Gasteiger partial charge in [-0.25, -0.2) is 0 Å². The van der Waals surface area contributed by atoms with Crippen molar-refractivity contribution in [3.8, 4) is 11.4 Å². The van der Waals surface area contributed by atoms with Crippen molar-refractivity contribution in [1.82, 2.24) is 9.13 Å². The van der Waals surface area contributed by atoms with E-state index in [1.807, 2.05) is 13.8 Å². The molecule has 0 aliphatic carbocycles. The van der Waals surface area contributed by atoms with Crippen molar-refractivity contribution in [2.24, 2.45) is 0 Å². The molecular formula is C57H65BrN2O. The summed E-state index contributed by atoms with van der Waals surface area (Å²) in [6.07, 6.45) is 0.964. The predicted octanol–water partition coefficient (Wildman–Crippen LogP) is 16.6. The molecule has 0 spiro atoms. The molecule has 8 aromatic rings. The van der Waals surface area contributed by atoms with Gasteiger partial charge in [0.1, 0.15) is 0 Å². The maximum Gasteiger partial charge on any atom is 0.150 e. The number of hydrogen-bond donors (Lipinski definition) is 0. The molecule has 0 radical (unpaired) electrons. The number of carbonyl (C=O) groups excluding carboxylic acids is 1. The van der Waals surface area contributed by atoms with Gasteiger partial charge in [0.2, 0.25) is 0 Å². The van der Waals surface area contributed by atoms with Gasteiger partial charge in [0.15, 0.2) is 6.29 Å². The molecule has 0 amide bonds. The van der Waals surface area contributed by atoms with Crippen LogP contribution in [0, 0.1) is 27.7 Å². The van der Waals surface area contributed by atoms with Gasteiger partial charge in [-0.3, -0.25) is 4.79 Å². The molecule has 316 valence electrons. The van der Waals surface area contributed by atoms with Gasteiger partial charge >= 0.3 is 0 Å². The van der Waals surface area contributed by atoms with Crippen LogP contribution in [-0.4, -0.2) is 15.4 Å². The number of benzene rings is 6. The van der Waals surface area contributed by atoms with Crippen LogP contribution in [0.5, 0.6) is 0 Å². The molecule has 0 saturated carbocycles. The van der Waals surface area contributed by atoms with Crippen molar-refractivity contribution in [3.63, 3.8) is 0 Å². The van der Waals surface area contributed by atoms with Crippen molar-refractivity contribution in [1.29, 1.82) is 0 Å². The lowest BCUT2D eigenvalue weighted by Crippen LogP contribution is -2.10. The van der Waals surface area contributed by atoms with Gasteiger partial charge in [-0.1, -0.05) is 123 Å². The summed E-state index contributed by atoms with van der Waals surface area (Å²) in [6, 6.07) is 36.6. The first-order valence-electron chi connectivity index (χ1n) is 21.8. The largest absolute Gasteiger partial charge is 0.309 e. The highest BCUT2D eigenvalue weighted by Gasteiger charge is 2.23. The Morgan fingerprint density at radius 1 is 0.393 bits per heavy atom. The van der Waals surface area contributed by atoms with Crippen LogP contribution in [-0.2, 0) is 21.7 Å². The van der Waals surface area contributed by atoms with Crippen LogP contribution in [0.25, 0.3) is 55.0 Å². The van der Waals surface area contributed by atoms with E-state index in [0.29, 0.717) is 0 Å². The molecule has 0 aliphatic rings. The molecule has 3 nitrogen and oxygen atoms in total. The lowest BCUT2D eigenvalue weighted by Gasteiger charge is -2.19. The first-order chi connectivity index (χ1) is 28.3. The average molecular weight is 874 g/mol. The second-order valence-corrected chi connectivity index (χ2v) is 22.4. The summed E-state index contributed by atoms with van der Waals surface area (Å²) in [5.41, 5.74) is 18.4. The van der Waals surface area contributed by atoms with Crippen molar-refractivity contribution in [2.45, 2.75) is 132 Å². The highest BCUT2D eigenvalue weighted by atomic mass is 79.9. The number of rotatable bonds is 3. The van der Waals surface area contributed by atoms with E-state index in [9.17, 15) is 4.79 Å². The monoisotopic (exact) mass is 872 g/mol. The molecule has 6 aromatic carbocycles. The van der Waals surface area contributed by atoms with Crippen LogP contribution in [0.3, 0.4) is 0 Å². The SMILES string of the molecule is Cc1cc(-n2c3ccc(C(C)(C)C)cc3c3cc(C(C)(C)C)ccc32)cc(C)c1Br.Cc1cc(-n2c3ccc(C(C)(C)C)cc3c3cc(C(C)(C)C)ccc32)cc(C)c1C=O. The Morgan fingerprint density at radius 3 is 0.869 bits per heavy atom. The van der Waals surface area contributed by atoms with Crippen LogP contribution in [0.15, 0.2) is 102 Å². The highest BCUT2D eigenvalue weighted by Crippen LogP contribution is 2.40. The van der Waals surface area contributed by atoms with Crippen molar-refractivity contribution in [3.05, 3.63) is 152 Å². The first-order valence-corrected chi connectivity index (χ1v) is 22.6. The van der Waals surface area contributed by atoms with E-state index in [-0.39, 0.29) is 21.7 Å². The van der Waals surface area contributed by atoms with Crippen LogP contribution >= 0.6 is 15.9 Å². The summed E-state index contributed by atoms with van der Waals surface area (Å²) < 4.78 is 5.96. The van der Waals surface area contributed by atoms with Gasteiger partial charge in [0, 0.05) is 43.0 Å². The highest BCUT2D eigenvalue weighted by molar-refractivity contribution is 9.10. The first kappa shape index (κ1) is 44.1. The number of hydrogen-bond acceptors (Lipinski definition) is 1. The third-order valence-electron chi connectivity index (χ3n) is 12.6. The minimum atomic E-state index is 0.0863. The summed E-state index contributed by atoms with van der Waals surface area (Å²) in [6.45, 7) is 35.7. The molecule has 8 rings (SSSR count). The number of aromatic nitrogens is 2. The van der Waals surface area contributed by atoms with Crippen molar-refractivity contribution in [2.75, 3.05) is 0 Å². The Bertz CT molecular complexity index is 2830. The zero-order chi connectivity index (χ0) is 44.7. The number of aldehydes is 1. The summed E-state index contributed by atoms with van der Waals surface area (Å²) in [7, 11) is 0. The fourth-order valence-electron chi connectivity index (χ4n) is 8.79. The Morgan fingerprint density at radius 2 is 0.639 bits per heavy atom. The minimum Gasteiger partial charge on any atom is -0.309 e. The number of aryl methyl sites for hydroxylation is 4. The zero-order valence-corrected chi connectivity index (χ0v) is 41.1. The minimum absolute atomic E-state index is 0.0863. The van der Waals surface area contributed by atoms with Crippen LogP contribution in [0.2, 0.25) is 0 Å². The second-order valence-electron chi connectivity index (χ2n) is 21.6. The lowest BCUT2D eigenvalue weighted by molar-refractivity contribution is 0.112. The summed E-state index contributed by atoms with van der Waals surface area (Å²) in [4.78, 5) is 11.5. The van der Waals surface area contributed by atoms with Gasteiger partial charge in [0.25, 0.3) is 0 Å². The lowest BCUT2D eigenvalue weighted by atomic mass is 9.85. The smallest absolute Gasteiger partial charge is 0.150 e. The molecule has 0 atom stereocenters. The van der Waals surface area contributed by atoms with E-state index in [0.717, 1.165) is 28.7 Å². The molecule has 2 heterocycles. The summed E-state index contributed by atoms with van der Waals surface area (Å²) in [5.74, 6) is 0. The molecule has 0 bridgehead atoms. The quantitative estimate of drug-likeness (QED) is 0.163. The topological polar surface area (TPSA) is 26.9 Å². The number of halogens is 1. The molecule has 2 aromatic heterocycles. The fourth-order valence-corrected chi connectivity index (χ4v) is 9.02. The van der Waals surface area contributed by atoms with Gasteiger partial charge < -0.3 is 9.13 Å². The Kier molecular flexibility index (Phi) is 11.2. The molecule has 61 heavy (non-hydrogen) atoms. The molecule has 0 unspecified atom stereocenters.